The summed E-state index contributed by atoms with van der Waals surface area (Å²) in [5.41, 5.74) is 2.13. The summed E-state index contributed by atoms with van der Waals surface area (Å²) in [5.74, 6) is -0.895. The summed E-state index contributed by atoms with van der Waals surface area (Å²) in [6.45, 7) is 0.468. The van der Waals surface area contributed by atoms with E-state index < -0.39 is 5.91 Å². The van der Waals surface area contributed by atoms with Gasteiger partial charge in [-0.05, 0) is 36.1 Å². The molecule has 2 aromatic rings. The molecule has 3 nitrogen and oxygen atoms in total. The Labute approximate surface area is 135 Å². The molecule has 114 valence electrons. The third-order valence-corrected chi connectivity index (χ3v) is 3.60. The van der Waals surface area contributed by atoms with Gasteiger partial charge in [0.25, 0.3) is 5.91 Å². The predicted octanol–water partition coefficient (Wildman–Crippen LogP) is 3.20. The van der Waals surface area contributed by atoms with Crippen molar-refractivity contribution >= 4 is 23.3 Å². The van der Waals surface area contributed by atoms with Crippen molar-refractivity contribution in [1.29, 1.82) is 0 Å². The minimum absolute atomic E-state index is 0.207. The van der Waals surface area contributed by atoms with Crippen LogP contribution in [-0.4, -0.2) is 18.2 Å². The zero-order chi connectivity index (χ0) is 15.8. The van der Waals surface area contributed by atoms with Crippen molar-refractivity contribution < 1.29 is 9.59 Å². The number of ketones is 1. The molecular weight excluding hydrogens is 298 g/mol. The lowest BCUT2D eigenvalue weighted by Crippen LogP contribution is -2.32. The van der Waals surface area contributed by atoms with Gasteiger partial charge in [-0.2, -0.15) is 0 Å². The van der Waals surface area contributed by atoms with Crippen LogP contribution < -0.4 is 5.32 Å². The van der Waals surface area contributed by atoms with Crippen LogP contribution in [0.25, 0.3) is 0 Å². The van der Waals surface area contributed by atoms with Crippen LogP contribution in [0.4, 0.5) is 0 Å². The fourth-order valence-electron chi connectivity index (χ4n) is 2.09. The number of carbonyl (C=O) groups excluding carboxylic acids is 2. The van der Waals surface area contributed by atoms with Crippen molar-refractivity contribution in [3.8, 4) is 0 Å². The lowest BCUT2D eigenvalue weighted by molar-refractivity contribution is -0.137. The number of amides is 1. The van der Waals surface area contributed by atoms with Crippen LogP contribution in [0, 0.1) is 0 Å². The molecule has 0 bridgehead atoms. The molecule has 0 atom stereocenters. The van der Waals surface area contributed by atoms with Crippen molar-refractivity contribution in [1.82, 2.24) is 5.32 Å². The smallest absolute Gasteiger partial charge is 0.287 e. The topological polar surface area (TPSA) is 46.2 Å². The van der Waals surface area contributed by atoms with Gasteiger partial charge in [-0.1, -0.05) is 54.1 Å². The Morgan fingerprint density at radius 1 is 0.864 bits per heavy atom. The molecule has 0 aliphatic rings. The molecule has 1 amide bonds. The van der Waals surface area contributed by atoms with Crippen molar-refractivity contribution in [2.45, 2.75) is 19.3 Å². The first-order valence-electron chi connectivity index (χ1n) is 7.24. The summed E-state index contributed by atoms with van der Waals surface area (Å²) < 4.78 is 0. The quantitative estimate of drug-likeness (QED) is 0.798. The summed E-state index contributed by atoms with van der Waals surface area (Å²) in [6, 6.07) is 17.1. The molecule has 1 N–H and O–H groups in total. The second kappa shape index (κ2) is 8.35. The second-order valence-corrected chi connectivity index (χ2v) is 5.48. The summed E-state index contributed by atoms with van der Waals surface area (Å²) in [5, 5.41) is 3.33. The van der Waals surface area contributed by atoms with Crippen molar-refractivity contribution in [2.75, 3.05) is 6.54 Å². The van der Waals surface area contributed by atoms with Crippen molar-refractivity contribution in [3.63, 3.8) is 0 Å². The number of nitrogens with one attached hydrogen (secondary N) is 1. The highest BCUT2D eigenvalue weighted by molar-refractivity contribution is 6.36. The number of hydrogen-bond acceptors (Lipinski definition) is 2. The zero-order valence-corrected chi connectivity index (χ0v) is 13.0. The Hall–Kier alpha value is -2.13. The predicted molar refractivity (Wildman–Crippen MR) is 87.9 cm³/mol. The summed E-state index contributed by atoms with van der Waals surface area (Å²) in [6.07, 6.45) is 1.47. The van der Waals surface area contributed by atoms with Crippen LogP contribution in [0.2, 0.25) is 5.02 Å². The number of hydrogen-bond donors (Lipinski definition) is 1. The average Bonchev–Trinajstić information content (AvgIpc) is 2.55. The standard InChI is InChI=1S/C18H18ClNO2/c19-16-9-6-15(7-10-16)8-11-17(21)18(22)20-13-12-14-4-2-1-3-5-14/h1-7,9-10H,8,11-13H2,(H,20,22). The third kappa shape index (κ3) is 5.34. The molecule has 0 fully saturated rings. The zero-order valence-electron chi connectivity index (χ0n) is 12.2. The monoisotopic (exact) mass is 315 g/mol. The van der Waals surface area contributed by atoms with E-state index in [9.17, 15) is 9.59 Å². The molecule has 2 aromatic carbocycles. The van der Waals surface area contributed by atoms with E-state index in [0.29, 0.717) is 18.0 Å². The Bertz CT molecular complexity index is 623. The molecule has 0 saturated heterocycles. The van der Waals surface area contributed by atoms with E-state index in [4.69, 9.17) is 11.6 Å². The number of rotatable bonds is 7. The second-order valence-electron chi connectivity index (χ2n) is 5.04. The third-order valence-electron chi connectivity index (χ3n) is 3.35. The fourth-order valence-corrected chi connectivity index (χ4v) is 2.21. The van der Waals surface area contributed by atoms with Gasteiger partial charge < -0.3 is 5.32 Å². The SMILES string of the molecule is O=C(CCc1ccc(Cl)cc1)C(=O)NCCc1ccccc1. The number of benzene rings is 2. The van der Waals surface area contributed by atoms with E-state index >= 15 is 0 Å². The Kier molecular flexibility index (Phi) is 6.16. The average molecular weight is 316 g/mol. The highest BCUT2D eigenvalue weighted by Gasteiger charge is 2.12. The van der Waals surface area contributed by atoms with Gasteiger partial charge in [-0.25, -0.2) is 0 Å². The Balaban J connectivity index is 1.70. The van der Waals surface area contributed by atoms with Crippen LogP contribution in [0.5, 0.6) is 0 Å². The molecule has 0 radical (unpaired) electrons. The van der Waals surface area contributed by atoms with E-state index in [0.717, 1.165) is 17.5 Å². The maximum absolute atomic E-state index is 11.8. The van der Waals surface area contributed by atoms with Crippen LogP contribution in [0.3, 0.4) is 0 Å². The minimum Gasteiger partial charge on any atom is -0.349 e. The molecule has 0 aliphatic heterocycles. The van der Waals surface area contributed by atoms with Gasteiger partial charge in [0.1, 0.15) is 0 Å². The van der Waals surface area contributed by atoms with Gasteiger partial charge in [0.2, 0.25) is 5.78 Å². The Morgan fingerprint density at radius 3 is 2.18 bits per heavy atom. The number of aryl methyl sites for hydroxylation is 1. The van der Waals surface area contributed by atoms with Gasteiger partial charge >= 0.3 is 0 Å². The molecule has 0 unspecified atom stereocenters. The number of Topliss-reactive ketones (excluding diaryl/α,β-unsaturated/α-hetero) is 1. The minimum atomic E-state index is -0.509. The summed E-state index contributed by atoms with van der Waals surface area (Å²) in [4.78, 5) is 23.5. The van der Waals surface area contributed by atoms with Gasteiger partial charge in [0.15, 0.2) is 0 Å². The maximum atomic E-state index is 11.8. The largest absolute Gasteiger partial charge is 0.349 e. The molecule has 0 spiro atoms. The molecule has 0 aliphatic carbocycles. The van der Waals surface area contributed by atoms with E-state index in [1.54, 1.807) is 12.1 Å². The first-order valence-corrected chi connectivity index (χ1v) is 7.62. The van der Waals surface area contributed by atoms with Crippen LogP contribution >= 0.6 is 11.6 Å². The van der Waals surface area contributed by atoms with Gasteiger partial charge in [0.05, 0.1) is 0 Å². The van der Waals surface area contributed by atoms with E-state index in [1.165, 1.54) is 0 Å². The van der Waals surface area contributed by atoms with Crippen LogP contribution in [0.1, 0.15) is 17.5 Å². The maximum Gasteiger partial charge on any atom is 0.287 e. The van der Waals surface area contributed by atoms with Crippen molar-refractivity contribution in [2.24, 2.45) is 0 Å². The molecule has 2 rings (SSSR count). The van der Waals surface area contributed by atoms with Gasteiger partial charge in [0, 0.05) is 18.0 Å². The number of carbonyl (C=O) groups is 2. The van der Waals surface area contributed by atoms with Gasteiger partial charge in [-0.3, -0.25) is 9.59 Å². The lowest BCUT2D eigenvalue weighted by atomic mass is 10.1. The molecular formula is C18H18ClNO2. The lowest BCUT2D eigenvalue weighted by Gasteiger charge is -2.05. The highest BCUT2D eigenvalue weighted by Crippen LogP contribution is 2.11. The molecule has 0 aromatic heterocycles. The van der Waals surface area contributed by atoms with Crippen molar-refractivity contribution in [3.05, 3.63) is 70.7 Å². The molecule has 0 saturated carbocycles. The highest BCUT2D eigenvalue weighted by atomic mass is 35.5. The normalized spacial score (nSPS) is 10.2. The fraction of sp³-hybridized carbons (Fsp3) is 0.222. The van der Waals surface area contributed by atoms with E-state index in [-0.39, 0.29) is 12.2 Å². The first-order chi connectivity index (χ1) is 10.6. The van der Waals surface area contributed by atoms with Gasteiger partial charge in [-0.15, -0.1) is 0 Å². The van der Waals surface area contributed by atoms with E-state index in [2.05, 4.69) is 5.32 Å². The number of halogens is 1. The van der Waals surface area contributed by atoms with E-state index in [1.807, 2.05) is 42.5 Å². The first kappa shape index (κ1) is 16.2. The summed E-state index contributed by atoms with van der Waals surface area (Å²) in [7, 11) is 0. The molecule has 0 heterocycles. The molecule has 4 heteroatoms. The summed E-state index contributed by atoms with van der Waals surface area (Å²) >= 11 is 5.80. The Morgan fingerprint density at radius 2 is 1.50 bits per heavy atom. The van der Waals surface area contributed by atoms with Crippen LogP contribution in [-0.2, 0) is 22.4 Å². The van der Waals surface area contributed by atoms with Crippen LogP contribution in [0.15, 0.2) is 54.6 Å². The molecule has 22 heavy (non-hydrogen) atoms.